The van der Waals surface area contributed by atoms with Crippen molar-refractivity contribution in [3.63, 3.8) is 0 Å². The number of aryl methyl sites for hydroxylation is 1. The van der Waals surface area contributed by atoms with E-state index in [0.29, 0.717) is 11.1 Å². The van der Waals surface area contributed by atoms with Crippen molar-refractivity contribution in [3.8, 4) is 12.3 Å². The van der Waals surface area contributed by atoms with Crippen LogP contribution in [0.5, 0.6) is 0 Å². The van der Waals surface area contributed by atoms with E-state index in [9.17, 15) is 13.2 Å². The molecule has 0 saturated heterocycles. The van der Waals surface area contributed by atoms with Crippen LogP contribution in [0.25, 0.3) is 0 Å². The molecule has 1 aromatic rings. The SMILES string of the molecule is C#Cc1ccc(C(F)(F)F)cc1C. The predicted molar refractivity (Wildman–Crippen MR) is 44.1 cm³/mol. The fraction of sp³-hybridized carbons (Fsp3) is 0.200. The van der Waals surface area contributed by atoms with Crippen molar-refractivity contribution in [2.45, 2.75) is 13.1 Å². The number of alkyl halides is 3. The Bertz CT molecular complexity index is 355. The highest BCUT2D eigenvalue weighted by atomic mass is 19.4. The summed E-state index contributed by atoms with van der Waals surface area (Å²) in [6.07, 6.45) is 0.785. The molecule has 0 saturated carbocycles. The third kappa shape index (κ3) is 2.03. The summed E-state index contributed by atoms with van der Waals surface area (Å²) in [4.78, 5) is 0. The summed E-state index contributed by atoms with van der Waals surface area (Å²) < 4.78 is 36.5. The van der Waals surface area contributed by atoms with E-state index in [0.717, 1.165) is 12.1 Å². The topological polar surface area (TPSA) is 0 Å². The van der Waals surface area contributed by atoms with Gasteiger partial charge in [0.1, 0.15) is 0 Å². The Morgan fingerprint density at radius 3 is 2.31 bits per heavy atom. The molecule has 0 N–H and O–H groups in total. The van der Waals surface area contributed by atoms with Crippen LogP contribution in [0.15, 0.2) is 18.2 Å². The number of rotatable bonds is 0. The van der Waals surface area contributed by atoms with Gasteiger partial charge in [0, 0.05) is 5.56 Å². The van der Waals surface area contributed by atoms with Crippen molar-refractivity contribution in [1.29, 1.82) is 0 Å². The summed E-state index contributed by atoms with van der Waals surface area (Å²) in [6.45, 7) is 1.56. The third-order valence-electron chi connectivity index (χ3n) is 1.71. The van der Waals surface area contributed by atoms with Crippen LogP contribution >= 0.6 is 0 Å². The van der Waals surface area contributed by atoms with Crippen LogP contribution in [-0.2, 0) is 6.18 Å². The van der Waals surface area contributed by atoms with Crippen LogP contribution in [0.1, 0.15) is 16.7 Å². The maximum atomic E-state index is 12.2. The fourth-order valence-electron chi connectivity index (χ4n) is 1.00. The van der Waals surface area contributed by atoms with Gasteiger partial charge in [0.25, 0.3) is 0 Å². The largest absolute Gasteiger partial charge is 0.416 e. The van der Waals surface area contributed by atoms with Crippen molar-refractivity contribution >= 4 is 0 Å². The molecule has 0 radical (unpaired) electrons. The molecule has 0 aliphatic heterocycles. The molecule has 0 atom stereocenters. The second kappa shape index (κ2) is 3.14. The number of hydrogen-bond donors (Lipinski definition) is 0. The molecule has 0 heterocycles. The molecule has 0 amide bonds. The fourth-order valence-corrected chi connectivity index (χ4v) is 1.00. The van der Waals surface area contributed by atoms with Crippen LogP contribution in [0.4, 0.5) is 13.2 Å². The summed E-state index contributed by atoms with van der Waals surface area (Å²) in [6, 6.07) is 3.34. The summed E-state index contributed by atoms with van der Waals surface area (Å²) in [5, 5.41) is 0. The molecule has 0 aliphatic carbocycles. The van der Waals surface area contributed by atoms with Gasteiger partial charge in [-0.2, -0.15) is 13.2 Å². The van der Waals surface area contributed by atoms with Crippen LogP contribution in [-0.4, -0.2) is 0 Å². The van der Waals surface area contributed by atoms with Gasteiger partial charge in [-0.25, -0.2) is 0 Å². The minimum atomic E-state index is -4.29. The lowest BCUT2D eigenvalue weighted by atomic mass is 10.1. The zero-order valence-corrected chi connectivity index (χ0v) is 6.94. The molecule has 0 bridgehead atoms. The van der Waals surface area contributed by atoms with Gasteiger partial charge in [-0.15, -0.1) is 6.42 Å². The molecule has 13 heavy (non-hydrogen) atoms. The first-order chi connectivity index (χ1) is 5.95. The van der Waals surface area contributed by atoms with Gasteiger partial charge in [-0.05, 0) is 30.7 Å². The quantitative estimate of drug-likeness (QED) is 0.544. The lowest BCUT2D eigenvalue weighted by Crippen LogP contribution is -2.05. The third-order valence-corrected chi connectivity index (χ3v) is 1.71. The standard InChI is InChI=1S/C10H7F3/c1-3-8-4-5-9(6-7(8)2)10(11,12)13/h1,4-6H,2H3. The molecule has 0 fully saturated rings. The Hall–Kier alpha value is -1.43. The lowest BCUT2D eigenvalue weighted by molar-refractivity contribution is -0.137. The van der Waals surface area contributed by atoms with Crippen molar-refractivity contribution in [1.82, 2.24) is 0 Å². The average Bonchev–Trinajstić information content (AvgIpc) is 2.02. The summed E-state index contributed by atoms with van der Waals surface area (Å²) in [7, 11) is 0. The van der Waals surface area contributed by atoms with Gasteiger partial charge in [0.15, 0.2) is 0 Å². The first-order valence-corrected chi connectivity index (χ1v) is 3.59. The number of terminal acetylenes is 1. The van der Waals surface area contributed by atoms with Gasteiger partial charge in [0.05, 0.1) is 5.56 Å². The van der Waals surface area contributed by atoms with Gasteiger partial charge >= 0.3 is 6.18 Å². The normalized spacial score (nSPS) is 11.0. The van der Waals surface area contributed by atoms with E-state index < -0.39 is 11.7 Å². The van der Waals surface area contributed by atoms with Crippen molar-refractivity contribution in [2.24, 2.45) is 0 Å². The Morgan fingerprint density at radius 1 is 1.31 bits per heavy atom. The zero-order valence-electron chi connectivity index (χ0n) is 6.94. The van der Waals surface area contributed by atoms with Crippen molar-refractivity contribution in [2.75, 3.05) is 0 Å². The van der Waals surface area contributed by atoms with E-state index in [1.165, 1.54) is 6.07 Å². The highest BCUT2D eigenvalue weighted by Gasteiger charge is 2.30. The first-order valence-electron chi connectivity index (χ1n) is 3.59. The highest BCUT2D eigenvalue weighted by molar-refractivity contribution is 5.42. The molecule has 0 spiro atoms. The maximum Gasteiger partial charge on any atom is 0.416 e. The molecule has 3 heteroatoms. The van der Waals surface area contributed by atoms with Crippen LogP contribution in [0.2, 0.25) is 0 Å². The number of hydrogen-bond acceptors (Lipinski definition) is 0. The van der Waals surface area contributed by atoms with E-state index in [4.69, 9.17) is 6.42 Å². The molecule has 0 aromatic heterocycles. The highest BCUT2D eigenvalue weighted by Crippen LogP contribution is 2.30. The first kappa shape index (κ1) is 9.66. The molecule has 68 valence electrons. The minimum absolute atomic E-state index is 0.470. The Balaban J connectivity index is 3.20. The molecule has 1 aromatic carbocycles. The Kier molecular flexibility index (Phi) is 2.33. The summed E-state index contributed by atoms with van der Waals surface area (Å²) in [5.74, 6) is 2.31. The maximum absolute atomic E-state index is 12.2. The average molecular weight is 184 g/mol. The van der Waals surface area contributed by atoms with Crippen molar-refractivity contribution in [3.05, 3.63) is 34.9 Å². The van der Waals surface area contributed by atoms with Gasteiger partial charge < -0.3 is 0 Å². The molecular formula is C10H7F3. The minimum Gasteiger partial charge on any atom is -0.166 e. The Morgan fingerprint density at radius 2 is 1.92 bits per heavy atom. The second-order valence-electron chi connectivity index (χ2n) is 2.67. The van der Waals surface area contributed by atoms with Gasteiger partial charge in [-0.1, -0.05) is 5.92 Å². The molecule has 0 unspecified atom stereocenters. The second-order valence-corrected chi connectivity index (χ2v) is 2.67. The predicted octanol–water partition coefficient (Wildman–Crippen LogP) is 3.00. The van der Waals surface area contributed by atoms with E-state index in [1.54, 1.807) is 6.92 Å². The molecule has 0 aliphatic rings. The summed E-state index contributed by atoms with van der Waals surface area (Å²) >= 11 is 0. The number of halogens is 3. The molecule has 1 rings (SSSR count). The lowest BCUT2D eigenvalue weighted by Gasteiger charge is -2.07. The monoisotopic (exact) mass is 184 g/mol. The van der Waals surface area contributed by atoms with Crippen LogP contribution in [0.3, 0.4) is 0 Å². The molecular weight excluding hydrogens is 177 g/mol. The van der Waals surface area contributed by atoms with E-state index >= 15 is 0 Å². The van der Waals surface area contributed by atoms with Crippen molar-refractivity contribution < 1.29 is 13.2 Å². The van der Waals surface area contributed by atoms with Gasteiger partial charge in [-0.3, -0.25) is 0 Å². The smallest absolute Gasteiger partial charge is 0.166 e. The Labute approximate surface area is 74.4 Å². The van der Waals surface area contributed by atoms with Gasteiger partial charge in [0.2, 0.25) is 0 Å². The molecule has 0 nitrogen and oxygen atoms in total. The van der Waals surface area contributed by atoms with E-state index in [-0.39, 0.29) is 0 Å². The van der Waals surface area contributed by atoms with Crippen LogP contribution in [0, 0.1) is 19.3 Å². The summed E-state index contributed by atoms with van der Waals surface area (Å²) in [5.41, 5.74) is 0.300. The zero-order chi connectivity index (χ0) is 10.1. The van der Waals surface area contributed by atoms with E-state index in [1.807, 2.05) is 0 Å². The van der Waals surface area contributed by atoms with E-state index in [2.05, 4.69) is 5.92 Å². The van der Waals surface area contributed by atoms with Crippen LogP contribution < -0.4 is 0 Å². The number of benzene rings is 1.